The molecular weight excluding hydrogens is 343 g/mol. The molecule has 0 fully saturated rings. The van der Waals surface area contributed by atoms with E-state index in [1.807, 2.05) is 0 Å². The van der Waals surface area contributed by atoms with Crippen LogP contribution in [-0.2, 0) is 4.74 Å². The van der Waals surface area contributed by atoms with Crippen molar-refractivity contribution in [3.63, 3.8) is 0 Å². The second-order valence-corrected chi connectivity index (χ2v) is 5.29. The third-order valence-corrected chi connectivity index (χ3v) is 3.87. The highest BCUT2D eigenvalue weighted by molar-refractivity contribution is 7.15. The van der Waals surface area contributed by atoms with Gasteiger partial charge in [0.15, 0.2) is 15.8 Å². The number of nitro benzene ring substituents is 1. The van der Waals surface area contributed by atoms with E-state index < -0.39 is 10.9 Å². The lowest BCUT2D eigenvalue weighted by Gasteiger charge is -2.03. The van der Waals surface area contributed by atoms with Crippen LogP contribution in [0, 0.1) is 10.1 Å². The van der Waals surface area contributed by atoms with Gasteiger partial charge in [-0.25, -0.2) is 4.79 Å². The minimum Gasteiger partial charge on any atom is -0.465 e. The molecule has 1 aromatic heterocycles. The first-order chi connectivity index (χ1) is 9.92. The van der Waals surface area contributed by atoms with Gasteiger partial charge < -0.3 is 9.47 Å². The summed E-state index contributed by atoms with van der Waals surface area (Å²) in [6.07, 6.45) is 0. The number of nitro groups is 1. The van der Waals surface area contributed by atoms with E-state index in [0.717, 1.165) is 17.4 Å². The van der Waals surface area contributed by atoms with Crippen LogP contribution in [0.25, 0.3) is 0 Å². The summed E-state index contributed by atoms with van der Waals surface area (Å²) in [5.41, 5.74) is -0.190. The number of non-ortho nitro benzene ring substituents is 1. The average molecular weight is 349 g/mol. The highest BCUT2D eigenvalue weighted by Crippen LogP contribution is 2.36. The fraction of sp³-hybridized carbons (Fsp3) is 0.0909. The quantitative estimate of drug-likeness (QED) is 0.472. The number of hydrogen-bond donors (Lipinski definition) is 0. The normalized spacial score (nSPS) is 10.2. The first kappa shape index (κ1) is 15.5. The van der Waals surface area contributed by atoms with Gasteiger partial charge >= 0.3 is 5.97 Å². The molecule has 0 amide bonds. The molecule has 110 valence electrons. The summed E-state index contributed by atoms with van der Waals surface area (Å²) in [5.74, 6) is -0.620. The number of carbonyl (C=O) groups is 1. The second kappa shape index (κ2) is 6.25. The Morgan fingerprint density at radius 3 is 2.76 bits per heavy atom. The molecule has 0 unspecified atom stereocenters. The van der Waals surface area contributed by atoms with Crippen molar-refractivity contribution in [2.75, 3.05) is 7.11 Å². The van der Waals surface area contributed by atoms with Crippen LogP contribution >= 0.6 is 34.5 Å². The topological polar surface area (TPSA) is 91.6 Å². The molecule has 0 saturated heterocycles. The molecule has 0 aliphatic rings. The predicted molar refractivity (Wildman–Crippen MR) is 76.6 cm³/mol. The van der Waals surface area contributed by atoms with E-state index in [4.69, 9.17) is 27.9 Å². The van der Waals surface area contributed by atoms with Crippen LogP contribution in [-0.4, -0.2) is 23.0 Å². The summed E-state index contributed by atoms with van der Waals surface area (Å²) in [6.45, 7) is 0. The number of carbonyl (C=O) groups excluding carboxylic acids is 1. The molecule has 0 atom stereocenters. The SMILES string of the molecule is COC(=O)c1sc(Oc2cc([N+](=O)[O-])ccc2Cl)nc1Cl. The third kappa shape index (κ3) is 3.41. The van der Waals surface area contributed by atoms with Crippen LogP contribution in [0.4, 0.5) is 5.69 Å². The van der Waals surface area contributed by atoms with Gasteiger partial charge in [0.05, 0.1) is 23.1 Å². The average Bonchev–Trinajstić information content (AvgIpc) is 2.81. The molecule has 7 nitrogen and oxygen atoms in total. The smallest absolute Gasteiger partial charge is 0.351 e. The number of aromatic nitrogens is 1. The van der Waals surface area contributed by atoms with Crippen molar-refractivity contribution in [1.82, 2.24) is 4.98 Å². The van der Waals surface area contributed by atoms with E-state index in [2.05, 4.69) is 9.72 Å². The van der Waals surface area contributed by atoms with E-state index >= 15 is 0 Å². The largest absolute Gasteiger partial charge is 0.465 e. The number of methoxy groups -OCH3 is 1. The van der Waals surface area contributed by atoms with E-state index in [1.165, 1.54) is 19.2 Å². The van der Waals surface area contributed by atoms with Crippen molar-refractivity contribution in [2.45, 2.75) is 0 Å². The summed E-state index contributed by atoms with van der Waals surface area (Å²) in [7, 11) is 1.20. The summed E-state index contributed by atoms with van der Waals surface area (Å²) >= 11 is 12.5. The van der Waals surface area contributed by atoms with Crippen molar-refractivity contribution in [3.05, 3.63) is 43.4 Å². The molecule has 2 rings (SSSR count). The van der Waals surface area contributed by atoms with E-state index in [0.29, 0.717) is 0 Å². The summed E-state index contributed by atoms with van der Waals surface area (Å²) in [5, 5.41) is 10.8. The number of rotatable bonds is 4. The van der Waals surface area contributed by atoms with Crippen molar-refractivity contribution in [1.29, 1.82) is 0 Å². The minimum atomic E-state index is -0.655. The molecule has 0 N–H and O–H groups in total. The molecule has 1 heterocycles. The van der Waals surface area contributed by atoms with Gasteiger partial charge in [-0.2, -0.15) is 4.98 Å². The summed E-state index contributed by atoms with van der Waals surface area (Å²) in [6, 6.07) is 3.71. The Balaban J connectivity index is 2.32. The van der Waals surface area contributed by atoms with Crippen LogP contribution < -0.4 is 4.74 Å². The van der Waals surface area contributed by atoms with Gasteiger partial charge in [0, 0.05) is 6.07 Å². The zero-order valence-electron chi connectivity index (χ0n) is 10.3. The molecule has 10 heteroatoms. The van der Waals surface area contributed by atoms with Crippen LogP contribution in [0.15, 0.2) is 18.2 Å². The predicted octanol–water partition coefficient (Wildman–Crippen LogP) is 3.94. The molecule has 21 heavy (non-hydrogen) atoms. The monoisotopic (exact) mass is 348 g/mol. The number of nitrogens with zero attached hydrogens (tertiary/aromatic N) is 2. The standard InChI is InChI=1S/C11H6Cl2N2O5S/c1-19-10(16)8-9(13)14-11(21-8)20-7-4-5(15(17)18)2-3-6(7)12/h2-4H,1H3. The maximum atomic E-state index is 11.4. The fourth-order valence-corrected chi connectivity index (χ4v) is 2.54. The Morgan fingerprint density at radius 2 is 2.14 bits per heavy atom. The number of ether oxygens (including phenoxy) is 2. The number of thiazole rings is 1. The first-order valence-electron chi connectivity index (χ1n) is 5.28. The van der Waals surface area contributed by atoms with Gasteiger partial charge in [-0.1, -0.05) is 34.5 Å². The molecule has 0 bridgehead atoms. The second-order valence-electron chi connectivity index (χ2n) is 3.57. The molecule has 0 saturated carbocycles. The summed E-state index contributed by atoms with van der Waals surface area (Å²) in [4.78, 5) is 25.4. The molecule has 2 aromatic rings. The van der Waals surface area contributed by atoms with E-state index in [1.54, 1.807) is 0 Å². The zero-order valence-corrected chi connectivity index (χ0v) is 12.7. The lowest BCUT2D eigenvalue weighted by atomic mass is 10.3. The van der Waals surface area contributed by atoms with Gasteiger partial charge in [-0.3, -0.25) is 10.1 Å². The maximum absolute atomic E-state index is 11.4. The molecular formula is C11H6Cl2N2O5S. The fourth-order valence-electron chi connectivity index (χ4n) is 1.32. The van der Waals surface area contributed by atoms with Gasteiger partial charge in [0.1, 0.15) is 0 Å². The first-order valence-corrected chi connectivity index (χ1v) is 6.86. The Bertz CT molecular complexity index is 719. The van der Waals surface area contributed by atoms with Crippen LogP contribution in [0.3, 0.4) is 0 Å². The van der Waals surface area contributed by atoms with Gasteiger partial charge in [0.2, 0.25) is 0 Å². The molecule has 0 radical (unpaired) electrons. The number of esters is 1. The Hall–Kier alpha value is -1.90. The van der Waals surface area contributed by atoms with Gasteiger partial charge in [-0.15, -0.1) is 0 Å². The van der Waals surface area contributed by atoms with Crippen molar-refractivity contribution in [2.24, 2.45) is 0 Å². The maximum Gasteiger partial charge on any atom is 0.351 e. The third-order valence-electron chi connectivity index (χ3n) is 2.26. The highest BCUT2D eigenvalue weighted by atomic mass is 35.5. The Kier molecular flexibility index (Phi) is 4.61. The van der Waals surface area contributed by atoms with Crippen molar-refractivity contribution >= 4 is 46.2 Å². The Morgan fingerprint density at radius 1 is 1.43 bits per heavy atom. The molecule has 0 aliphatic carbocycles. The van der Waals surface area contributed by atoms with Crippen LogP contribution in [0.2, 0.25) is 10.2 Å². The van der Waals surface area contributed by atoms with E-state index in [9.17, 15) is 14.9 Å². The van der Waals surface area contributed by atoms with E-state index in [-0.39, 0.29) is 31.7 Å². The lowest BCUT2D eigenvalue weighted by molar-refractivity contribution is -0.384. The zero-order chi connectivity index (χ0) is 15.6. The van der Waals surface area contributed by atoms with Crippen LogP contribution in [0.5, 0.6) is 10.9 Å². The molecule has 0 aliphatic heterocycles. The van der Waals surface area contributed by atoms with Crippen molar-refractivity contribution in [3.8, 4) is 10.9 Å². The summed E-state index contributed by atoms with van der Waals surface area (Å²) < 4.78 is 9.87. The van der Waals surface area contributed by atoms with Gasteiger partial charge in [0.25, 0.3) is 10.9 Å². The minimum absolute atomic E-state index is 0.0165. The Labute approximate surface area is 132 Å². The molecule has 0 spiro atoms. The number of benzene rings is 1. The van der Waals surface area contributed by atoms with Crippen LogP contribution in [0.1, 0.15) is 9.67 Å². The molecule has 1 aromatic carbocycles. The van der Waals surface area contributed by atoms with Crippen molar-refractivity contribution < 1.29 is 19.2 Å². The number of halogens is 2. The number of hydrogen-bond acceptors (Lipinski definition) is 7. The lowest BCUT2D eigenvalue weighted by Crippen LogP contribution is -1.98. The van der Waals surface area contributed by atoms with Gasteiger partial charge in [-0.05, 0) is 6.07 Å². The highest BCUT2D eigenvalue weighted by Gasteiger charge is 2.20.